The molecule has 134 valence electrons. The first kappa shape index (κ1) is 16.4. The fraction of sp³-hybridized carbons (Fsp3) is 0.263. The van der Waals surface area contributed by atoms with Crippen LogP contribution in [0.4, 0.5) is 5.69 Å². The van der Waals surface area contributed by atoms with Gasteiger partial charge in [0, 0.05) is 55.1 Å². The molecular weight excluding hydrogens is 332 g/mol. The van der Waals surface area contributed by atoms with E-state index in [9.17, 15) is 4.79 Å². The Bertz CT molecular complexity index is 851. The Morgan fingerprint density at radius 1 is 1.27 bits per heavy atom. The lowest BCUT2D eigenvalue weighted by molar-refractivity contribution is -0.113. The summed E-state index contributed by atoms with van der Waals surface area (Å²) in [6, 6.07) is 9.29. The number of hydrogen-bond donors (Lipinski definition) is 2. The van der Waals surface area contributed by atoms with Gasteiger partial charge in [-0.2, -0.15) is 0 Å². The summed E-state index contributed by atoms with van der Waals surface area (Å²) >= 11 is 0. The van der Waals surface area contributed by atoms with Crippen molar-refractivity contribution in [1.82, 2.24) is 9.88 Å². The molecule has 3 heterocycles. The normalized spacial score (nSPS) is 16.6. The summed E-state index contributed by atoms with van der Waals surface area (Å²) in [5.41, 5.74) is 9.23. The summed E-state index contributed by atoms with van der Waals surface area (Å²) in [6.45, 7) is 2.32. The molecular formula is C19H20N4O3. The van der Waals surface area contributed by atoms with Gasteiger partial charge in [-0.3, -0.25) is 14.7 Å². The van der Waals surface area contributed by atoms with E-state index in [1.165, 1.54) is 0 Å². The number of pyridine rings is 1. The second-order valence-electron chi connectivity index (χ2n) is 6.35. The molecule has 1 aromatic heterocycles. The molecule has 2 aliphatic rings. The number of rotatable bonds is 4. The van der Waals surface area contributed by atoms with Gasteiger partial charge in [-0.05, 0) is 30.2 Å². The third kappa shape index (κ3) is 3.48. The average molecular weight is 352 g/mol. The van der Waals surface area contributed by atoms with E-state index in [0.29, 0.717) is 41.4 Å². The number of aromatic nitrogens is 1. The second kappa shape index (κ2) is 7.05. The highest BCUT2D eigenvalue weighted by Gasteiger charge is 2.23. The van der Waals surface area contributed by atoms with Crippen molar-refractivity contribution in [2.24, 2.45) is 5.73 Å². The number of nitrogens with one attached hydrogen (secondary N) is 1. The zero-order chi connectivity index (χ0) is 17.9. The minimum absolute atomic E-state index is 0.164. The number of benzene rings is 1. The second-order valence-corrected chi connectivity index (χ2v) is 6.35. The van der Waals surface area contributed by atoms with E-state index in [0.717, 1.165) is 18.7 Å². The van der Waals surface area contributed by atoms with Crippen LogP contribution in [0.25, 0.3) is 0 Å². The third-order valence-electron chi connectivity index (χ3n) is 4.49. The number of ether oxygens (including phenoxy) is 2. The predicted octanol–water partition coefficient (Wildman–Crippen LogP) is 1.87. The monoisotopic (exact) mass is 352 g/mol. The summed E-state index contributed by atoms with van der Waals surface area (Å²) in [4.78, 5) is 18.9. The van der Waals surface area contributed by atoms with Gasteiger partial charge >= 0.3 is 0 Å². The molecule has 1 amide bonds. The Morgan fingerprint density at radius 2 is 2.15 bits per heavy atom. The van der Waals surface area contributed by atoms with Gasteiger partial charge in [-0.25, -0.2) is 0 Å². The number of anilines is 1. The molecule has 2 aliphatic heterocycles. The lowest BCUT2D eigenvalue weighted by Crippen LogP contribution is -2.36. The van der Waals surface area contributed by atoms with Gasteiger partial charge in [0.05, 0.1) is 0 Å². The SMILES string of the molecule is NC1=C(C(=O)Nc2ccc3c(c2)OCO3)CCN(Cc2cccnc2)C1. The quantitative estimate of drug-likeness (QED) is 0.873. The number of hydrogen-bond acceptors (Lipinski definition) is 6. The summed E-state index contributed by atoms with van der Waals surface area (Å²) in [7, 11) is 0. The first-order chi connectivity index (χ1) is 12.7. The van der Waals surface area contributed by atoms with Crippen LogP contribution in [0.5, 0.6) is 11.5 Å². The van der Waals surface area contributed by atoms with Crippen molar-refractivity contribution < 1.29 is 14.3 Å². The molecule has 0 unspecified atom stereocenters. The minimum Gasteiger partial charge on any atom is -0.454 e. The maximum absolute atomic E-state index is 12.6. The molecule has 0 saturated carbocycles. The highest BCUT2D eigenvalue weighted by Crippen LogP contribution is 2.34. The summed E-state index contributed by atoms with van der Waals surface area (Å²) in [5.74, 6) is 1.16. The van der Waals surface area contributed by atoms with E-state index in [-0.39, 0.29) is 12.7 Å². The third-order valence-corrected chi connectivity index (χ3v) is 4.49. The van der Waals surface area contributed by atoms with Crippen molar-refractivity contribution in [3.8, 4) is 11.5 Å². The molecule has 4 rings (SSSR count). The maximum atomic E-state index is 12.6. The molecule has 0 atom stereocenters. The van der Waals surface area contributed by atoms with Crippen LogP contribution in [-0.4, -0.2) is 35.7 Å². The van der Waals surface area contributed by atoms with Crippen LogP contribution >= 0.6 is 0 Å². The molecule has 0 aliphatic carbocycles. The maximum Gasteiger partial charge on any atom is 0.253 e. The zero-order valence-corrected chi connectivity index (χ0v) is 14.3. The predicted molar refractivity (Wildman–Crippen MR) is 96.5 cm³/mol. The Kier molecular flexibility index (Phi) is 4.45. The van der Waals surface area contributed by atoms with Crippen LogP contribution in [-0.2, 0) is 11.3 Å². The van der Waals surface area contributed by atoms with Crippen molar-refractivity contribution >= 4 is 11.6 Å². The van der Waals surface area contributed by atoms with E-state index >= 15 is 0 Å². The first-order valence-corrected chi connectivity index (χ1v) is 8.49. The van der Waals surface area contributed by atoms with Gasteiger partial charge in [0.25, 0.3) is 5.91 Å². The topological polar surface area (TPSA) is 89.7 Å². The molecule has 1 aromatic carbocycles. The fourth-order valence-corrected chi connectivity index (χ4v) is 3.17. The first-order valence-electron chi connectivity index (χ1n) is 8.49. The Morgan fingerprint density at radius 3 is 2.96 bits per heavy atom. The smallest absolute Gasteiger partial charge is 0.253 e. The van der Waals surface area contributed by atoms with Crippen molar-refractivity contribution in [3.05, 3.63) is 59.6 Å². The van der Waals surface area contributed by atoms with Gasteiger partial charge in [-0.15, -0.1) is 0 Å². The molecule has 7 heteroatoms. The van der Waals surface area contributed by atoms with E-state index < -0.39 is 0 Å². The van der Waals surface area contributed by atoms with Gasteiger partial charge in [0.2, 0.25) is 6.79 Å². The summed E-state index contributed by atoms with van der Waals surface area (Å²) < 4.78 is 10.6. The number of nitrogens with two attached hydrogens (primary N) is 1. The molecule has 0 fully saturated rings. The van der Waals surface area contributed by atoms with Crippen molar-refractivity contribution in [3.63, 3.8) is 0 Å². The Labute approximate surface area is 151 Å². The molecule has 26 heavy (non-hydrogen) atoms. The summed E-state index contributed by atoms with van der Waals surface area (Å²) in [6.07, 6.45) is 4.22. The van der Waals surface area contributed by atoms with Crippen molar-refractivity contribution in [2.45, 2.75) is 13.0 Å². The van der Waals surface area contributed by atoms with Crippen LogP contribution in [0, 0.1) is 0 Å². The number of nitrogens with zero attached hydrogens (tertiary/aromatic N) is 2. The van der Waals surface area contributed by atoms with Crippen LogP contribution < -0.4 is 20.5 Å². The van der Waals surface area contributed by atoms with Crippen molar-refractivity contribution in [2.75, 3.05) is 25.2 Å². The average Bonchev–Trinajstić information content (AvgIpc) is 3.10. The highest BCUT2D eigenvalue weighted by atomic mass is 16.7. The highest BCUT2D eigenvalue weighted by molar-refractivity contribution is 6.04. The summed E-state index contributed by atoms with van der Waals surface area (Å²) in [5, 5.41) is 2.90. The minimum atomic E-state index is -0.164. The molecule has 2 aromatic rings. The van der Waals surface area contributed by atoms with Crippen molar-refractivity contribution in [1.29, 1.82) is 0 Å². The lowest BCUT2D eigenvalue weighted by Gasteiger charge is -2.28. The lowest BCUT2D eigenvalue weighted by atomic mass is 10.0. The molecule has 0 radical (unpaired) electrons. The molecule has 0 saturated heterocycles. The van der Waals surface area contributed by atoms with E-state index in [4.69, 9.17) is 15.2 Å². The number of carbonyl (C=O) groups excluding carboxylic acids is 1. The standard InChI is InChI=1S/C19H20N4O3/c20-16-11-23(10-13-2-1-6-21-9-13)7-5-15(16)19(24)22-14-3-4-17-18(8-14)26-12-25-17/h1-4,6,8-9H,5,7,10-12,20H2,(H,22,24). The largest absolute Gasteiger partial charge is 0.454 e. The van der Waals surface area contributed by atoms with Gasteiger partial charge in [-0.1, -0.05) is 6.07 Å². The molecule has 0 spiro atoms. The van der Waals surface area contributed by atoms with Gasteiger partial charge < -0.3 is 20.5 Å². The zero-order valence-electron chi connectivity index (χ0n) is 14.3. The van der Waals surface area contributed by atoms with E-state index in [1.54, 1.807) is 24.4 Å². The van der Waals surface area contributed by atoms with Crippen LogP contribution in [0.2, 0.25) is 0 Å². The number of carbonyl (C=O) groups is 1. The molecule has 7 nitrogen and oxygen atoms in total. The van der Waals surface area contributed by atoms with Crippen LogP contribution in [0.1, 0.15) is 12.0 Å². The van der Waals surface area contributed by atoms with Crippen LogP contribution in [0.3, 0.4) is 0 Å². The number of amides is 1. The molecule has 3 N–H and O–H groups in total. The Hall–Kier alpha value is -3.06. The van der Waals surface area contributed by atoms with Crippen LogP contribution in [0.15, 0.2) is 54.0 Å². The number of fused-ring (bicyclic) bond motifs is 1. The molecule has 0 bridgehead atoms. The van der Waals surface area contributed by atoms with E-state index in [2.05, 4.69) is 15.2 Å². The van der Waals surface area contributed by atoms with Gasteiger partial charge in [0.1, 0.15) is 0 Å². The van der Waals surface area contributed by atoms with Gasteiger partial charge in [0.15, 0.2) is 11.5 Å². The Balaban J connectivity index is 1.41. The van der Waals surface area contributed by atoms with E-state index in [1.807, 2.05) is 18.3 Å². The fourth-order valence-electron chi connectivity index (χ4n) is 3.17.